The molecule has 0 aliphatic carbocycles. The summed E-state index contributed by atoms with van der Waals surface area (Å²) in [5, 5.41) is 12.0. The van der Waals surface area contributed by atoms with E-state index < -0.39 is 32.0 Å². The van der Waals surface area contributed by atoms with Crippen LogP contribution >= 0.6 is 0 Å². The molecule has 0 aromatic heterocycles. The molecule has 0 spiro atoms. The standard InChI is InChI=1S/C21H43NO5Si/c1-10-16(27-28(8,9)21(5,6)7)14-12-11-13-15-17(18(23)24)22-19(25)26-20(2,3)4/h16-17H,10-15H2,1-9H3,(H,22,25)(H,23,24)/t16-,17+/m1/s1. The third-order valence-electron chi connectivity index (χ3n) is 5.23. The van der Waals surface area contributed by atoms with Crippen LogP contribution in [0.25, 0.3) is 0 Å². The molecule has 0 aliphatic rings. The smallest absolute Gasteiger partial charge is 0.408 e. The molecule has 0 unspecified atom stereocenters. The zero-order valence-electron chi connectivity index (χ0n) is 19.5. The second-order valence-electron chi connectivity index (χ2n) is 10.1. The van der Waals surface area contributed by atoms with Crippen LogP contribution in [0, 0.1) is 0 Å². The summed E-state index contributed by atoms with van der Waals surface area (Å²) >= 11 is 0. The molecule has 1 amide bonds. The maximum atomic E-state index is 11.8. The lowest BCUT2D eigenvalue weighted by atomic mass is 10.0. The predicted molar refractivity (Wildman–Crippen MR) is 116 cm³/mol. The molecule has 2 atom stereocenters. The number of carbonyl (C=O) groups excluding carboxylic acids is 1. The zero-order chi connectivity index (χ0) is 22.2. The molecule has 0 bridgehead atoms. The van der Waals surface area contributed by atoms with Crippen LogP contribution in [-0.2, 0) is 14.0 Å². The Morgan fingerprint density at radius 1 is 1.00 bits per heavy atom. The summed E-state index contributed by atoms with van der Waals surface area (Å²) in [7, 11) is -1.77. The first-order valence-corrected chi connectivity index (χ1v) is 13.4. The minimum absolute atomic E-state index is 0.197. The van der Waals surface area contributed by atoms with E-state index in [1.165, 1.54) is 0 Å². The fraction of sp³-hybridized carbons (Fsp3) is 0.905. The Morgan fingerprint density at radius 3 is 1.96 bits per heavy atom. The van der Waals surface area contributed by atoms with Gasteiger partial charge in [-0.15, -0.1) is 0 Å². The maximum absolute atomic E-state index is 11.8. The topological polar surface area (TPSA) is 84.9 Å². The number of rotatable bonds is 11. The average Bonchev–Trinajstić information content (AvgIpc) is 2.48. The number of carbonyl (C=O) groups is 2. The van der Waals surface area contributed by atoms with Crippen molar-refractivity contribution in [1.29, 1.82) is 0 Å². The van der Waals surface area contributed by atoms with E-state index in [0.29, 0.717) is 6.42 Å². The molecule has 2 N–H and O–H groups in total. The lowest BCUT2D eigenvalue weighted by molar-refractivity contribution is -0.139. The van der Waals surface area contributed by atoms with Gasteiger partial charge in [0.1, 0.15) is 11.6 Å². The molecule has 0 saturated heterocycles. The van der Waals surface area contributed by atoms with Crippen LogP contribution in [0.2, 0.25) is 18.1 Å². The van der Waals surface area contributed by atoms with Crippen molar-refractivity contribution in [3.8, 4) is 0 Å². The Bertz CT molecular complexity index is 494. The van der Waals surface area contributed by atoms with E-state index in [1.807, 2.05) is 0 Å². The van der Waals surface area contributed by atoms with Crippen LogP contribution < -0.4 is 5.32 Å². The van der Waals surface area contributed by atoms with Crippen molar-refractivity contribution < 1.29 is 23.9 Å². The predicted octanol–water partition coefficient (Wildman–Crippen LogP) is 5.72. The first-order chi connectivity index (χ1) is 12.6. The summed E-state index contributed by atoms with van der Waals surface area (Å²) in [6.45, 7) is 18.7. The SMILES string of the molecule is CC[C@H](CCCCC[C@H](NC(=O)OC(C)(C)C)C(=O)O)O[Si](C)(C)C(C)(C)C. The number of amides is 1. The lowest BCUT2D eigenvalue weighted by Gasteiger charge is -2.39. The largest absolute Gasteiger partial charge is 0.480 e. The molecule has 0 saturated carbocycles. The van der Waals surface area contributed by atoms with Gasteiger partial charge in [0.05, 0.1) is 0 Å². The van der Waals surface area contributed by atoms with Gasteiger partial charge in [-0.25, -0.2) is 9.59 Å². The van der Waals surface area contributed by atoms with Crippen molar-refractivity contribution in [2.24, 2.45) is 0 Å². The number of ether oxygens (including phenoxy) is 1. The highest BCUT2D eigenvalue weighted by molar-refractivity contribution is 6.74. The Kier molecular flexibility index (Phi) is 10.8. The molecule has 0 aromatic carbocycles. The second-order valence-corrected chi connectivity index (χ2v) is 14.8. The number of alkyl carbamates (subject to hydrolysis) is 1. The van der Waals surface area contributed by atoms with Crippen LogP contribution in [0.3, 0.4) is 0 Å². The van der Waals surface area contributed by atoms with Gasteiger partial charge in [0, 0.05) is 6.10 Å². The van der Waals surface area contributed by atoms with Crippen LogP contribution in [0.4, 0.5) is 4.79 Å². The molecule has 6 nitrogen and oxygen atoms in total. The molecule has 0 radical (unpaired) electrons. The summed E-state index contributed by atoms with van der Waals surface area (Å²) in [6.07, 6.45) is 4.59. The number of carboxylic acid groups (broad SMARTS) is 1. The van der Waals surface area contributed by atoms with Gasteiger partial charge in [0.15, 0.2) is 8.32 Å². The van der Waals surface area contributed by atoms with Crippen LogP contribution in [0.1, 0.15) is 87.0 Å². The second kappa shape index (κ2) is 11.2. The highest BCUT2D eigenvalue weighted by atomic mass is 28.4. The van der Waals surface area contributed by atoms with Gasteiger partial charge < -0.3 is 19.6 Å². The maximum Gasteiger partial charge on any atom is 0.408 e. The molecular weight excluding hydrogens is 374 g/mol. The van der Waals surface area contributed by atoms with Gasteiger partial charge in [-0.2, -0.15) is 0 Å². The first kappa shape index (κ1) is 26.9. The molecule has 0 rings (SSSR count). The molecule has 28 heavy (non-hydrogen) atoms. The molecule has 0 aromatic rings. The normalized spacial score (nSPS) is 15.0. The van der Waals surface area contributed by atoms with Gasteiger partial charge in [-0.1, -0.05) is 47.0 Å². The number of nitrogens with one attached hydrogen (secondary N) is 1. The van der Waals surface area contributed by atoms with Gasteiger partial charge >= 0.3 is 12.1 Å². The zero-order valence-corrected chi connectivity index (χ0v) is 20.5. The van der Waals surface area contributed by atoms with Gasteiger partial charge in [-0.3, -0.25) is 0 Å². The molecule has 166 valence electrons. The van der Waals surface area contributed by atoms with E-state index >= 15 is 0 Å². The van der Waals surface area contributed by atoms with Crippen molar-refractivity contribution in [1.82, 2.24) is 5.32 Å². The summed E-state index contributed by atoms with van der Waals surface area (Å²) < 4.78 is 11.6. The average molecular weight is 418 g/mol. The number of hydrogen-bond donors (Lipinski definition) is 2. The summed E-state index contributed by atoms with van der Waals surface area (Å²) in [6, 6.07) is -0.916. The van der Waals surface area contributed by atoms with E-state index in [9.17, 15) is 14.7 Å². The Morgan fingerprint density at radius 2 is 1.54 bits per heavy atom. The number of unbranched alkanes of at least 4 members (excludes halogenated alkanes) is 2. The molecular formula is C21H43NO5Si. The minimum Gasteiger partial charge on any atom is -0.480 e. The minimum atomic E-state index is -1.77. The van der Waals surface area contributed by atoms with E-state index in [2.05, 4.69) is 46.1 Å². The van der Waals surface area contributed by atoms with Crippen LogP contribution in [0.15, 0.2) is 0 Å². The highest BCUT2D eigenvalue weighted by Gasteiger charge is 2.38. The molecule has 0 heterocycles. The summed E-state index contributed by atoms with van der Waals surface area (Å²) in [5.41, 5.74) is -0.646. The van der Waals surface area contributed by atoms with Crippen LogP contribution in [-0.4, -0.2) is 43.2 Å². The van der Waals surface area contributed by atoms with Crippen molar-refractivity contribution in [2.75, 3.05) is 0 Å². The third-order valence-corrected chi connectivity index (χ3v) is 9.77. The Balaban J connectivity index is 4.35. The van der Waals surface area contributed by atoms with Crippen LogP contribution in [0.5, 0.6) is 0 Å². The van der Waals surface area contributed by atoms with Crippen molar-refractivity contribution in [3.63, 3.8) is 0 Å². The summed E-state index contributed by atoms with van der Waals surface area (Å²) in [5.74, 6) is -1.03. The van der Waals surface area contributed by atoms with Gasteiger partial charge in [0.2, 0.25) is 0 Å². The highest BCUT2D eigenvalue weighted by Crippen LogP contribution is 2.38. The monoisotopic (exact) mass is 417 g/mol. The van der Waals surface area contributed by atoms with Crippen molar-refractivity contribution in [3.05, 3.63) is 0 Å². The Hall–Kier alpha value is -1.08. The quantitative estimate of drug-likeness (QED) is 0.332. The number of aliphatic carboxylic acids is 1. The fourth-order valence-corrected chi connectivity index (χ4v) is 4.02. The number of carboxylic acids is 1. The third kappa shape index (κ3) is 11.0. The first-order valence-electron chi connectivity index (χ1n) is 10.5. The number of hydrogen-bond acceptors (Lipinski definition) is 4. The van der Waals surface area contributed by atoms with E-state index in [-0.39, 0.29) is 11.1 Å². The van der Waals surface area contributed by atoms with Gasteiger partial charge in [0.25, 0.3) is 0 Å². The summed E-state index contributed by atoms with van der Waals surface area (Å²) in [4.78, 5) is 23.2. The molecule has 7 heteroatoms. The molecule has 0 fully saturated rings. The Labute approximate surface area is 172 Å². The van der Waals surface area contributed by atoms with Gasteiger partial charge in [-0.05, 0) is 58.2 Å². The fourth-order valence-electron chi connectivity index (χ4n) is 2.54. The van der Waals surface area contributed by atoms with E-state index in [4.69, 9.17) is 9.16 Å². The van der Waals surface area contributed by atoms with Crippen molar-refractivity contribution >= 4 is 20.4 Å². The van der Waals surface area contributed by atoms with Crippen molar-refractivity contribution in [2.45, 2.75) is 123 Å². The molecule has 0 aliphatic heterocycles. The lowest BCUT2D eigenvalue weighted by Crippen LogP contribution is -2.43. The van der Waals surface area contributed by atoms with E-state index in [0.717, 1.165) is 32.1 Å². The van der Waals surface area contributed by atoms with E-state index in [1.54, 1.807) is 20.8 Å².